The molecule has 0 N–H and O–H groups in total. The summed E-state index contributed by atoms with van der Waals surface area (Å²) in [5.74, 6) is 0. The summed E-state index contributed by atoms with van der Waals surface area (Å²) in [6.45, 7) is 3.73. The van der Waals surface area contributed by atoms with Crippen molar-refractivity contribution in [2.75, 3.05) is 21.3 Å². The fourth-order valence-corrected chi connectivity index (χ4v) is 2.31. The molecular weight excluding hydrogens is 280 g/mol. The van der Waals surface area contributed by atoms with E-state index in [0.717, 1.165) is 5.56 Å². The molecule has 3 nitrogen and oxygen atoms in total. The third-order valence-corrected chi connectivity index (χ3v) is 3.99. The normalized spacial score (nSPS) is 9.90. The van der Waals surface area contributed by atoms with E-state index in [0.29, 0.717) is 0 Å². The van der Waals surface area contributed by atoms with Crippen LogP contribution in [0.4, 0.5) is 0 Å². The van der Waals surface area contributed by atoms with Gasteiger partial charge in [-0.1, -0.05) is 67.3 Å². The first kappa shape index (κ1) is 17.3. The Morgan fingerprint density at radius 1 is 0.762 bits per heavy atom. The number of hydrogen-bond donors (Lipinski definition) is 0. The standard InChI is InChI=1S/C14H12.C3H10O3Si/c1-2-12-8-10-14(11-9-12)13-6-4-3-5-7-13;1-4-7(5-2)6-3/h2-11H,1H2;7H,1-3H3. The summed E-state index contributed by atoms with van der Waals surface area (Å²) >= 11 is 0. The SMILES string of the molecule is C=Cc1ccc(-c2ccccc2)cc1.CO[SiH](OC)OC. The average Bonchev–Trinajstić information content (AvgIpc) is 2.58. The van der Waals surface area contributed by atoms with Crippen LogP contribution in [0.2, 0.25) is 0 Å². The highest BCUT2D eigenvalue weighted by atomic mass is 28.3. The fraction of sp³-hybridized carbons (Fsp3) is 0.176. The van der Waals surface area contributed by atoms with Crippen LogP contribution in [0.15, 0.2) is 61.2 Å². The average molecular weight is 302 g/mol. The largest absolute Gasteiger partial charge is 0.483 e. The quantitative estimate of drug-likeness (QED) is 0.789. The second kappa shape index (κ2) is 10.1. The molecule has 0 aromatic heterocycles. The molecule has 112 valence electrons. The van der Waals surface area contributed by atoms with Crippen molar-refractivity contribution in [2.24, 2.45) is 0 Å². The topological polar surface area (TPSA) is 27.7 Å². The van der Waals surface area contributed by atoms with Crippen molar-refractivity contribution in [1.82, 2.24) is 0 Å². The van der Waals surface area contributed by atoms with Crippen molar-refractivity contribution in [2.45, 2.75) is 0 Å². The maximum atomic E-state index is 4.74. The van der Waals surface area contributed by atoms with E-state index in [4.69, 9.17) is 13.3 Å². The molecule has 0 bridgehead atoms. The lowest BCUT2D eigenvalue weighted by Crippen LogP contribution is -2.21. The van der Waals surface area contributed by atoms with Gasteiger partial charge in [0.15, 0.2) is 0 Å². The maximum absolute atomic E-state index is 4.74. The molecule has 21 heavy (non-hydrogen) atoms. The molecule has 0 saturated carbocycles. The second-order valence-electron chi connectivity index (χ2n) is 4.19. The minimum atomic E-state index is -1.67. The van der Waals surface area contributed by atoms with Gasteiger partial charge < -0.3 is 13.3 Å². The molecule has 0 fully saturated rings. The molecule has 0 atom stereocenters. The smallest absolute Gasteiger partial charge is 0.379 e. The van der Waals surface area contributed by atoms with Crippen LogP contribution in [0.1, 0.15) is 5.56 Å². The van der Waals surface area contributed by atoms with E-state index in [1.54, 1.807) is 21.3 Å². The highest BCUT2D eigenvalue weighted by molar-refractivity contribution is 6.36. The molecule has 0 aliphatic heterocycles. The molecule has 0 radical (unpaired) electrons. The van der Waals surface area contributed by atoms with E-state index >= 15 is 0 Å². The van der Waals surface area contributed by atoms with E-state index in [1.807, 2.05) is 12.1 Å². The first-order valence-electron chi connectivity index (χ1n) is 6.61. The van der Waals surface area contributed by atoms with E-state index < -0.39 is 9.53 Å². The van der Waals surface area contributed by atoms with Crippen LogP contribution >= 0.6 is 0 Å². The minimum Gasteiger partial charge on any atom is -0.379 e. The van der Waals surface area contributed by atoms with Gasteiger partial charge in [0.05, 0.1) is 0 Å². The molecule has 0 spiro atoms. The fourth-order valence-electron chi connectivity index (χ4n) is 1.73. The molecule has 2 aromatic rings. The van der Waals surface area contributed by atoms with Gasteiger partial charge >= 0.3 is 9.53 Å². The first-order chi connectivity index (χ1) is 10.2. The molecule has 0 unspecified atom stereocenters. The van der Waals surface area contributed by atoms with Crippen LogP contribution < -0.4 is 0 Å². The summed E-state index contributed by atoms with van der Waals surface area (Å²) in [5, 5.41) is 0. The summed E-state index contributed by atoms with van der Waals surface area (Å²) in [4.78, 5) is 0. The summed E-state index contributed by atoms with van der Waals surface area (Å²) < 4.78 is 14.2. The Hall–Kier alpha value is -1.72. The Morgan fingerprint density at radius 3 is 1.62 bits per heavy atom. The summed E-state index contributed by atoms with van der Waals surface area (Å²) in [7, 11) is 3.05. The first-order valence-corrected chi connectivity index (χ1v) is 8.03. The third-order valence-electron chi connectivity index (χ3n) is 2.83. The molecule has 2 rings (SSSR count). The van der Waals surface area contributed by atoms with Gasteiger partial charge in [0.25, 0.3) is 0 Å². The second-order valence-corrected chi connectivity index (χ2v) is 6.18. The monoisotopic (exact) mass is 302 g/mol. The van der Waals surface area contributed by atoms with Gasteiger partial charge in [0, 0.05) is 21.3 Å². The molecule has 0 aliphatic rings. The van der Waals surface area contributed by atoms with Gasteiger partial charge in [-0.25, -0.2) is 0 Å². The van der Waals surface area contributed by atoms with E-state index in [2.05, 4.69) is 55.1 Å². The summed E-state index contributed by atoms with van der Waals surface area (Å²) in [6.07, 6.45) is 1.86. The Bertz CT molecular complexity index is 502. The Morgan fingerprint density at radius 2 is 1.24 bits per heavy atom. The van der Waals surface area contributed by atoms with Crippen molar-refractivity contribution in [1.29, 1.82) is 0 Å². The van der Waals surface area contributed by atoms with Gasteiger partial charge in [-0.3, -0.25) is 0 Å². The van der Waals surface area contributed by atoms with E-state index in [1.165, 1.54) is 11.1 Å². The van der Waals surface area contributed by atoms with Crippen LogP contribution in [-0.2, 0) is 13.3 Å². The van der Waals surface area contributed by atoms with Crippen molar-refractivity contribution in [3.05, 3.63) is 66.7 Å². The van der Waals surface area contributed by atoms with Crippen LogP contribution in [0.25, 0.3) is 17.2 Å². The lowest BCUT2D eigenvalue weighted by atomic mass is 10.0. The highest BCUT2D eigenvalue weighted by Crippen LogP contribution is 2.19. The molecule has 0 aliphatic carbocycles. The molecular formula is C17H22O3Si. The Balaban J connectivity index is 0.000000270. The molecule has 0 amide bonds. The zero-order chi connectivity index (χ0) is 15.5. The zero-order valence-corrected chi connectivity index (χ0v) is 13.9. The highest BCUT2D eigenvalue weighted by Gasteiger charge is 2.04. The molecule has 0 heterocycles. The number of hydrogen-bond acceptors (Lipinski definition) is 3. The summed E-state index contributed by atoms with van der Waals surface area (Å²) in [5.41, 5.74) is 3.66. The molecule has 4 heteroatoms. The lowest BCUT2D eigenvalue weighted by Gasteiger charge is -2.05. The van der Waals surface area contributed by atoms with Gasteiger partial charge in [0.1, 0.15) is 0 Å². The van der Waals surface area contributed by atoms with Crippen molar-refractivity contribution in [3.8, 4) is 11.1 Å². The van der Waals surface area contributed by atoms with Gasteiger partial charge in [-0.05, 0) is 16.7 Å². The van der Waals surface area contributed by atoms with Crippen LogP contribution in [-0.4, -0.2) is 30.9 Å². The lowest BCUT2D eigenvalue weighted by molar-refractivity contribution is 0.163. The van der Waals surface area contributed by atoms with Crippen molar-refractivity contribution < 1.29 is 13.3 Å². The van der Waals surface area contributed by atoms with Gasteiger partial charge in [-0.15, -0.1) is 0 Å². The molecule has 2 aromatic carbocycles. The summed E-state index contributed by atoms with van der Waals surface area (Å²) in [6, 6.07) is 18.8. The zero-order valence-electron chi connectivity index (χ0n) is 12.8. The number of rotatable bonds is 5. The third kappa shape index (κ3) is 6.06. The van der Waals surface area contributed by atoms with Crippen molar-refractivity contribution in [3.63, 3.8) is 0 Å². The van der Waals surface area contributed by atoms with Gasteiger partial charge in [-0.2, -0.15) is 0 Å². The van der Waals surface area contributed by atoms with Crippen LogP contribution in [0.5, 0.6) is 0 Å². The number of benzene rings is 2. The molecule has 0 saturated heterocycles. The maximum Gasteiger partial charge on any atom is 0.483 e. The van der Waals surface area contributed by atoms with Gasteiger partial charge in [0.2, 0.25) is 0 Å². The Labute approximate surface area is 128 Å². The predicted octanol–water partition coefficient (Wildman–Crippen LogP) is 3.64. The Kier molecular flexibility index (Phi) is 8.31. The van der Waals surface area contributed by atoms with Crippen molar-refractivity contribution >= 4 is 15.6 Å². The van der Waals surface area contributed by atoms with Crippen LogP contribution in [0.3, 0.4) is 0 Å². The predicted molar refractivity (Wildman–Crippen MR) is 90.1 cm³/mol. The minimum absolute atomic E-state index is 1.16. The van der Waals surface area contributed by atoms with Crippen LogP contribution in [0, 0.1) is 0 Å². The van der Waals surface area contributed by atoms with E-state index in [-0.39, 0.29) is 0 Å². The van der Waals surface area contributed by atoms with E-state index in [9.17, 15) is 0 Å².